The lowest BCUT2D eigenvalue weighted by Crippen LogP contribution is -2.46. The van der Waals surface area contributed by atoms with Crippen LogP contribution in [0.5, 0.6) is 0 Å². The van der Waals surface area contributed by atoms with Crippen molar-refractivity contribution in [1.29, 1.82) is 5.26 Å². The van der Waals surface area contributed by atoms with Crippen molar-refractivity contribution in [3.63, 3.8) is 0 Å². The molecule has 5 nitrogen and oxygen atoms in total. The summed E-state index contributed by atoms with van der Waals surface area (Å²) in [7, 11) is 1.27. The number of carbonyl (C=O) groups is 2. The zero-order valence-electron chi connectivity index (χ0n) is 10.8. The second-order valence-corrected chi connectivity index (χ2v) is 4.51. The second kappa shape index (κ2) is 7.66. The van der Waals surface area contributed by atoms with Gasteiger partial charge >= 0.3 is 5.97 Å². The van der Waals surface area contributed by atoms with Crippen LogP contribution in [-0.2, 0) is 14.3 Å². The van der Waals surface area contributed by atoms with Crippen molar-refractivity contribution in [2.75, 3.05) is 7.11 Å². The predicted octanol–water partition coefficient (Wildman–Crippen LogP) is 1.24. The van der Waals surface area contributed by atoms with Gasteiger partial charge in [-0.05, 0) is 5.92 Å². The topological polar surface area (TPSA) is 79.2 Å². The van der Waals surface area contributed by atoms with Gasteiger partial charge in [0.1, 0.15) is 6.04 Å². The molecular formula is C12H20N2O3. The van der Waals surface area contributed by atoms with Crippen LogP contribution in [0.25, 0.3) is 0 Å². The van der Waals surface area contributed by atoms with Crippen molar-refractivity contribution in [2.24, 2.45) is 11.8 Å². The maximum Gasteiger partial charge on any atom is 0.328 e. The Morgan fingerprint density at radius 2 is 1.94 bits per heavy atom. The summed E-state index contributed by atoms with van der Waals surface area (Å²) < 4.78 is 4.62. The summed E-state index contributed by atoms with van der Waals surface area (Å²) >= 11 is 0. The third-order valence-electron chi connectivity index (χ3n) is 2.35. The van der Waals surface area contributed by atoms with E-state index in [1.165, 1.54) is 7.11 Å². The molecule has 0 heterocycles. The first-order valence-corrected chi connectivity index (χ1v) is 5.66. The van der Waals surface area contributed by atoms with Gasteiger partial charge in [0.25, 0.3) is 0 Å². The highest BCUT2D eigenvalue weighted by Crippen LogP contribution is 2.10. The van der Waals surface area contributed by atoms with Crippen LogP contribution in [0, 0.1) is 23.2 Å². The molecule has 17 heavy (non-hydrogen) atoms. The number of amides is 1. The molecule has 0 aromatic rings. The number of esters is 1. The van der Waals surface area contributed by atoms with Gasteiger partial charge < -0.3 is 10.1 Å². The molecule has 0 rings (SSSR count). The minimum absolute atomic E-state index is 0.194. The van der Waals surface area contributed by atoms with Gasteiger partial charge in [-0.25, -0.2) is 4.79 Å². The van der Waals surface area contributed by atoms with Crippen LogP contribution in [0.3, 0.4) is 0 Å². The smallest absolute Gasteiger partial charge is 0.328 e. The highest BCUT2D eigenvalue weighted by Gasteiger charge is 2.27. The molecule has 1 amide bonds. The first kappa shape index (κ1) is 15.4. The Morgan fingerprint density at radius 1 is 1.35 bits per heavy atom. The fraction of sp³-hybridized carbons (Fsp3) is 0.750. The van der Waals surface area contributed by atoms with E-state index in [1.54, 1.807) is 6.92 Å². The molecule has 0 aliphatic carbocycles. The van der Waals surface area contributed by atoms with E-state index < -0.39 is 12.0 Å². The van der Waals surface area contributed by atoms with Crippen LogP contribution in [0.1, 0.15) is 33.6 Å². The van der Waals surface area contributed by atoms with Crippen molar-refractivity contribution >= 4 is 11.9 Å². The Hall–Kier alpha value is -1.57. The zero-order valence-corrected chi connectivity index (χ0v) is 10.8. The normalized spacial score (nSPS) is 13.6. The molecule has 0 unspecified atom stereocenters. The fourth-order valence-electron chi connectivity index (χ4n) is 1.43. The van der Waals surface area contributed by atoms with Gasteiger partial charge in [-0.3, -0.25) is 4.79 Å². The summed E-state index contributed by atoms with van der Waals surface area (Å²) in [5, 5.41) is 11.2. The highest BCUT2D eigenvalue weighted by atomic mass is 16.5. The van der Waals surface area contributed by atoms with Crippen LogP contribution in [-0.4, -0.2) is 25.0 Å². The first-order valence-electron chi connectivity index (χ1n) is 5.66. The van der Waals surface area contributed by atoms with Gasteiger partial charge in [0, 0.05) is 18.8 Å². The van der Waals surface area contributed by atoms with Gasteiger partial charge in [-0.1, -0.05) is 20.8 Å². The van der Waals surface area contributed by atoms with Gasteiger partial charge in [-0.2, -0.15) is 5.26 Å². The van der Waals surface area contributed by atoms with E-state index in [0.717, 1.165) is 0 Å². The number of rotatable bonds is 6. The lowest BCUT2D eigenvalue weighted by atomic mass is 9.98. The van der Waals surface area contributed by atoms with Crippen molar-refractivity contribution in [1.82, 2.24) is 5.32 Å². The van der Waals surface area contributed by atoms with Crippen LogP contribution in [0.15, 0.2) is 0 Å². The molecule has 1 N–H and O–H groups in total. The Kier molecular flexibility index (Phi) is 6.95. The lowest BCUT2D eigenvalue weighted by molar-refractivity contribution is -0.146. The minimum Gasteiger partial charge on any atom is -0.467 e. The van der Waals surface area contributed by atoms with Crippen LogP contribution in [0.2, 0.25) is 0 Å². The van der Waals surface area contributed by atoms with Crippen molar-refractivity contribution in [2.45, 2.75) is 39.7 Å². The number of nitriles is 1. The molecule has 0 aromatic carbocycles. The van der Waals surface area contributed by atoms with Gasteiger partial charge in [0.2, 0.25) is 5.91 Å². The average Bonchev–Trinajstić information content (AvgIpc) is 2.24. The molecule has 0 saturated heterocycles. The van der Waals surface area contributed by atoms with E-state index in [4.69, 9.17) is 5.26 Å². The summed E-state index contributed by atoms with van der Waals surface area (Å²) in [6, 6.07) is 1.24. The molecule has 0 aromatic heterocycles. The highest BCUT2D eigenvalue weighted by molar-refractivity contribution is 5.84. The van der Waals surface area contributed by atoms with E-state index in [0.29, 0.717) is 6.42 Å². The fourth-order valence-corrected chi connectivity index (χ4v) is 1.43. The molecule has 0 aliphatic rings. The summed E-state index contributed by atoms with van der Waals surface area (Å²) in [4.78, 5) is 23.1. The number of nitrogens with zero attached hydrogens (tertiary/aromatic N) is 1. The Labute approximate surface area is 102 Å². The van der Waals surface area contributed by atoms with Crippen molar-refractivity contribution in [3.8, 4) is 6.07 Å². The largest absolute Gasteiger partial charge is 0.467 e. The molecule has 0 aliphatic heterocycles. The molecule has 2 atom stereocenters. The number of nitrogens with one attached hydrogen (secondary N) is 1. The maximum absolute atomic E-state index is 11.6. The van der Waals surface area contributed by atoms with E-state index in [-0.39, 0.29) is 24.2 Å². The third-order valence-corrected chi connectivity index (χ3v) is 2.35. The zero-order chi connectivity index (χ0) is 13.4. The molecule has 0 radical (unpaired) electrons. The standard InChI is InChI=1S/C12H20N2O3/c1-8(2)7-10(15)14-11(12(16)17-4)9(3)5-6-13/h8-9,11H,5,7H2,1-4H3,(H,14,15)/t9-,11+/m0/s1. The summed E-state index contributed by atoms with van der Waals surface area (Å²) in [5.74, 6) is -0.742. The van der Waals surface area contributed by atoms with E-state index in [2.05, 4.69) is 10.1 Å². The lowest BCUT2D eigenvalue weighted by Gasteiger charge is -2.21. The quantitative estimate of drug-likeness (QED) is 0.708. The van der Waals surface area contributed by atoms with Gasteiger partial charge in [0.05, 0.1) is 13.2 Å². The van der Waals surface area contributed by atoms with E-state index >= 15 is 0 Å². The van der Waals surface area contributed by atoms with Crippen molar-refractivity contribution in [3.05, 3.63) is 0 Å². The number of hydrogen-bond acceptors (Lipinski definition) is 4. The molecule has 5 heteroatoms. The predicted molar refractivity (Wildman–Crippen MR) is 62.8 cm³/mol. The molecule has 0 bridgehead atoms. The number of hydrogen-bond donors (Lipinski definition) is 1. The van der Waals surface area contributed by atoms with E-state index in [9.17, 15) is 9.59 Å². The van der Waals surface area contributed by atoms with E-state index in [1.807, 2.05) is 19.9 Å². The van der Waals surface area contributed by atoms with Crippen LogP contribution in [0.4, 0.5) is 0 Å². The molecule has 0 fully saturated rings. The Bertz CT molecular complexity index is 307. The second-order valence-electron chi connectivity index (χ2n) is 4.51. The SMILES string of the molecule is COC(=O)[C@H](NC(=O)CC(C)C)[C@@H](C)CC#N. The van der Waals surface area contributed by atoms with Gasteiger partial charge in [-0.15, -0.1) is 0 Å². The molecule has 0 saturated carbocycles. The number of carbonyl (C=O) groups excluding carboxylic acids is 2. The molecule has 96 valence electrons. The summed E-state index contributed by atoms with van der Waals surface area (Å²) in [6.07, 6.45) is 0.550. The number of ether oxygens (including phenoxy) is 1. The third kappa shape index (κ3) is 5.91. The average molecular weight is 240 g/mol. The number of methoxy groups -OCH3 is 1. The van der Waals surface area contributed by atoms with Crippen LogP contribution < -0.4 is 5.32 Å². The van der Waals surface area contributed by atoms with Gasteiger partial charge in [0.15, 0.2) is 0 Å². The van der Waals surface area contributed by atoms with Crippen LogP contribution >= 0.6 is 0 Å². The Balaban J connectivity index is 4.55. The first-order chi connectivity index (χ1) is 7.92. The maximum atomic E-state index is 11.6. The van der Waals surface area contributed by atoms with Crippen molar-refractivity contribution < 1.29 is 14.3 Å². The Morgan fingerprint density at radius 3 is 2.35 bits per heavy atom. The minimum atomic E-state index is -0.745. The monoisotopic (exact) mass is 240 g/mol. The summed E-state index contributed by atoms with van der Waals surface area (Å²) in [5.41, 5.74) is 0. The molecular weight excluding hydrogens is 220 g/mol. The molecule has 0 spiro atoms. The summed E-state index contributed by atoms with van der Waals surface area (Å²) in [6.45, 7) is 5.58.